The molecule has 9 heteroatoms. The third-order valence-electron chi connectivity index (χ3n) is 4.71. The SMILES string of the molecule is CN(C)Cc1ccc(Cn2c(=O)[nH]c3c(N)nc(NCc4ccncc4)nc32)cc1. The molecule has 0 spiro atoms. The van der Waals surface area contributed by atoms with Crippen LogP contribution in [-0.2, 0) is 19.6 Å². The van der Waals surface area contributed by atoms with Gasteiger partial charge in [-0.3, -0.25) is 9.55 Å². The van der Waals surface area contributed by atoms with Crippen LogP contribution in [-0.4, -0.2) is 43.5 Å². The minimum Gasteiger partial charge on any atom is -0.382 e. The first kappa shape index (κ1) is 19.6. The van der Waals surface area contributed by atoms with Gasteiger partial charge in [0.25, 0.3) is 0 Å². The summed E-state index contributed by atoms with van der Waals surface area (Å²) in [5, 5.41) is 3.16. The number of H-pyrrole nitrogens is 1. The van der Waals surface area contributed by atoms with Crippen molar-refractivity contribution >= 4 is 22.9 Å². The Morgan fingerprint density at radius 1 is 1.03 bits per heavy atom. The summed E-state index contributed by atoms with van der Waals surface area (Å²) in [5.41, 5.74) is 9.98. The highest BCUT2D eigenvalue weighted by atomic mass is 16.1. The smallest absolute Gasteiger partial charge is 0.328 e. The second kappa shape index (κ2) is 8.34. The summed E-state index contributed by atoms with van der Waals surface area (Å²) in [6.45, 7) is 1.78. The fraction of sp³-hybridized carbons (Fsp3) is 0.238. The average Bonchev–Trinajstić information content (AvgIpc) is 3.04. The van der Waals surface area contributed by atoms with Crippen molar-refractivity contribution in [3.63, 3.8) is 0 Å². The molecule has 3 heterocycles. The number of aromatic amines is 1. The Hall–Kier alpha value is -3.72. The molecule has 0 atom stereocenters. The number of benzene rings is 1. The van der Waals surface area contributed by atoms with Gasteiger partial charge in [0.05, 0.1) is 6.54 Å². The van der Waals surface area contributed by atoms with E-state index in [0.717, 1.165) is 17.7 Å². The molecule has 0 aliphatic carbocycles. The number of fused-ring (bicyclic) bond motifs is 1. The van der Waals surface area contributed by atoms with Crippen LogP contribution in [0.25, 0.3) is 11.2 Å². The molecule has 0 fully saturated rings. The molecule has 30 heavy (non-hydrogen) atoms. The Morgan fingerprint density at radius 3 is 2.43 bits per heavy atom. The number of nitrogen functional groups attached to an aromatic ring is 1. The molecule has 0 aliphatic heterocycles. The van der Waals surface area contributed by atoms with E-state index in [0.29, 0.717) is 30.2 Å². The maximum Gasteiger partial charge on any atom is 0.328 e. The third-order valence-corrected chi connectivity index (χ3v) is 4.71. The number of imidazole rings is 1. The number of pyridine rings is 1. The van der Waals surface area contributed by atoms with Crippen LogP contribution in [0.15, 0.2) is 53.6 Å². The van der Waals surface area contributed by atoms with Crippen molar-refractivity contribution in [3.8, 4) is 0 Å². The van der Waals surface area contributed by atoms with Crippen LogP contribution in [0.2, 0.25) is 0 Å². The fourth-order valence-corrected chi connectivity index (χ4v) is 3.26. The van der Waals surface area contributed by atoms with E-state index in [1.54, 1.807) is 17.0 Å². The van der Waals surface area contributed by atoms with Gasteiger partial charge in [0.15, 0.2) is 11.5 Å². The number of rotatable bonds is 7. The molecule has 9 nitrogen and oxygen atoms in total. The third kappa shape index (κ3) is 4.31. The number of anilines is 2. The lowest BCUT2D eigenvalue weighted by atomic mass is 10.1. The summed E-state index contributed by atoms with van der Waals surface area (Å²) in [6.07, 6.45) is 3.45. The van der Waals surface area contributed by atoms with Gasteiger partial charge in [-0.2, -0.15) is 9.97 Å². The molecule has 0 aliphatic rings. The van der Waals surface area contributed by atoms with E-state index >= 15 is 0 Å². The Morgan fingerprint density at radius 2 is 1.73 bits per heavy atom. The van der Waals surface area contributed by atoms with Gasteiger partial charge in [0, 0.05) is 25.5 Å². The molecule has 4 rings (SSSR count). The summed E-state index contributed by atoms with van der Waals surface area (Å²) in [6, 6.07) is 12.0. The standard InChI is InChI=1S/C21H24N8O/c1-28(2)12-15-3-5-16(6-4-15)13-29-19-17(25-21(29)30)18(22)26-20(27-19)24-11-14-7-9-23-10-8-14/h3-10H,11-13H2,1-2H3,(H,25,30)(H3,22,24,26,27). The van der Waals surface area contributed by atoms with Gasteiger partial charge >= 0.3 is 5.69 Å². The summed E-state index contributed by atoms with van der Waals surface area (Å²) >= 11 is 0. The monoisotopic (exact) mass is 404 g/mol. The zero-order valence-corrected chi connectivity index (χ0v) is 17.0. The first-order valence-corrected chi connectivity index (χ1v) is 9.61. The summed E-state index contributed by atoms with van der Waals surface area (Å²) < 4.78 is 1.58. The topological polar surface area (TPSA) is 118 Å². The number of hydrogen-bond donors (Lipinski definition) is 3. The summed E-state index contributed by atoms with van der Waals surface area (Å²) in [4.78, 5) is 30.2. The van der Waals surface area contributed by atoms with Crippen LogP contribution >= 0.6 is 0 Å². The van der Waals surface area contributed by atoms with Crippen molar-refractivity contribution in [2.24, 2.45) is 0 Å². The largest absolute Gasteiger partial charge is 0.382 e. The van der Waals surface area contributed by atoms with E-state index in [4.69, 9.17) is 5.73 Å². The quantitative estimate of drug-likeness (QED) is 0.430. The minimum absolute atomic E-state index is 0.231. The van der Waals surface area contributed by atoms with Gasteiger partial charge in [-0.25, -0.2) is 4.79 Å². The number of aromatic nitrogens is 5. The van der Waals surface area contributed by atoms with Crippen LogP contribution in [0, 0.1) is 0 Å². The van der Waals surface area contributed by atoms with Crippen LogP contribution in [0.5, 0.6) is 0 Å². The Bertz CT molecular complexity index is 1200. The predicted octanol–water partition coefficient (Wildman–Crippen LogP) is 1.82. The normalized spacial score (nSPS) is 11.3. The molecular weight excluding hydrogens is 380 g/mol. The van der Waals surface area contributed by atoms with Gasteiger partial charge in [-0.1, -0.05) is 24.3 Å². The van der Waals surface area contributed by atoms with Gasteiger partial charge < -0.3 is 20.9 Å². The number of nitrogens with zero attached hydrogens (tertiary/aromatic N) is 5. The van der Waals surface area contributed by atoms with Crippen molar-refractivity contribution in [2.75, 3.05) is 25.1 Å². The molecule has 4 N–H and O–H groups in total. The molecule has 0 saturated carbocycles. The second-order valence-corrected chi connectivity index (χ2v) is 7.41. The molecule has 3 aromatic heterocycles. The molecule has 0 bridgehead atoms. The molecule has 0 saturated heterocycles. The Labute approximate surface area is 173 Å². The molecule has 0 radical (unpaired) electrons. The van der Waals surface area contributed by atoms with Crippen LogP contribution in [0.1, 0.15) is 16.7 Å². The van der Waals surface area contributed by atoms with Crippen molar-refractivity contribution in [2.45, 2.75) is 19.6 Å². The summed E-state index contributed by atoms with van der Waals surface area (Å²) in [7, 11) is 4.06. The predicted molar refractivity (Wildman–Crippen MR) is 117 cm³/mol. The average molecular weight is 404 g/mol. The number of nitrogens with two attached hydrogens (primary N) is 1. The molecule has 4 aromatic rings. The van der Waals surface area contributed by atoms with E-state index in [9.17, 15) is 4.79 Å². The first-order valence-electron chi connectivity index (χ1n) is 9.61. The Kier molecular flexibility index (Phi) is 5.44. The van der Waals surface area contributed by atoms with Gasteiger partial charge in [0.1, 0.15) is 5.52 Å². The van der Waals surface area contributed by atoms with Crippen LogP contribution < -0.4 is 16.7 Å². The second-order valence-electron chi connectivity index (χ2n) is 7.41. The zero-order chi connectivity index (χ0) is 21.1. The van der Waals surface area contributed by atoms with Gasteiger partial charge in [-0.05, 0) is 42.9 Å². The summed E-state index contributed by atoms with van der Waals surface area (Å²) in [5.74, 6) is 0.598. The van der Waals surface area contributed by atoms with Gasteiger partial charge in [-0.15, -0.1) is 0 Å². The minimum atomic E-state index is -0.269. The molecular formula is C21H24N8O. The van der Waals surface area contributed by atoms with E-state index in [-0.39, 0.29) is 11.5 Å². The van der Waals surface area contributed by atoms with Crippen molar-refractivity contribution < 1.29 is 0 Å². The van der Waals surface area contributed by atoms with Crippen LogP contribution in [0.3, 0.4) is 0 Å². The highest BCUT2D eigenvalue weighted by Crippen LogP contribution is 2.18. The number of hydrogen-bond acceptors (Lipinski definition) is 7. The maximum atomic E-state index is 12.5. The lowest BCUT2D eigenvalue weighted by molar-refractivity contribution is 0.402. The molecule has 1 aromatic carbocycles. The highest BCUT2D eigenvalue weighted by molar-refractivity contribution is 5.82. The van der Waals surface area contributed by atoms with Gasteiger partial charge in [0.2, 0.25) is 5.95 Å². The molecule has 0 amide bonds. The lowest BCUT2D eigenvalue weighted by Crippen LogP contribution is -2.18. The lowest BCUT2D eigenvalue weighted by Gasteiger charge is -2.10. The van der Waals surface area contributed by atoms with Crippen molar-refractivity contribution in [1.82, 2.24) is 29.4 Å². The van der Waals surface area contributed by atoms with Crippen molar-refractivity contribution in [1.29, 1.82) is 0 Å². The Balaban J connectivity index is 1.60. The van der Waals surface area contributed by atoms with E-state index < -0.39 is 0 Å². The van der Waals surface area contributed by atoms with Crippen LogP contribution in [0.4, 0.5) is 11.8 Å². The number of nitrogens with one attached hydrogen (secondary N) is 2. The maximum absolute atomic E-state index is 12.5. The first-order chi connectivity index (χ1) is 14.5. The zero-order valence-electron chi connectivity index (χ0n) is 17.0. The fourth-order valence-electron chi connectivity index (χ4n) is 3.26. The molecule has 154 valence electrons. The van der Waals surface area contributed by atoms with Crippen molar-refractivity contribution in [3.05, 3.63) is 76.0 Å². The molecule has 0 unspecified atom stereocenters. The van der Waals surface area contributed by atoms with E-state index in [1.165, 1.54) is 5.56 Å². The van der Waals surface area contributed by atoms with E-state index in [2.05, 4.69) is 42.3 Å². The van der Waals surface area contributed by atoms with E-state index in [1.807, 2.05) is 38.4 Å². The highest BCUT2D eigenvalue weighted by Gasteiger charge is 2.14.